The van der Waals surface area contributed by atoms with Crippen LogP contribution in [-0.4, -0.2) is 22.3 Å². The topological polar surface area (TPSA) is 100 Å². The molecule has 0 aliphatic heterocycles. The fraction of sp³-hybridized carbons (Fsp3) is 0. The minimum absolute atomic E-state index is 0.0679. The summed E-state index contributed by atoms with van der Waals surface area (Å²) in [5.74, 6) is -0.172. The Balaban J connectivity index is 1.82. The van der Waals surface area contributed by atoms with E-state index in [4.69, 9.17) is 4.42 Å². The first-order valence-corrected chi connectivity index (χ1v) is 8.84. The molecule has 0 radical (unpaired) electrons. The number of hydrogen-bond acceptors (Lipinski definition) is 5. The van der Waals surface area contributed by atoms with Crippen LogP contribution in [-0.2, 0) is 0 Å². The van der Waals surface area contributed by atoms with Crippen molar-refractivity contribution in [3.8, 4) is 22.4 Å². The first kappa shape index (κ1) is 18.1. The largest absolute Gasteiger partial charge is 0.463 e. The number of amides is 1. The van der Waals surface area contributed by atoms with Crippen LogP contribution in [0.4, 0.5) is 0 Å². The summed E-state index contributed by atoms with van der Waals surface area (Å²) >= 11 is 0. The Morgan fingerprint density at radius 1 is 0.966 bits per heavy atom. The number of H-pyrrole nitrogens is 1. The zero-order valence-corrected chi connectivity index (χ0v) is 15.2. The Kier molecular flexibility index (Phi) is 5.11. The maximum atomic E-state index is 12.9. The first-order valence-electron chi connectivity index (χ1n) is 8.84. The van der Waals surface area contributed by atoms with Crippen molar-refractivity contribution < 1.29 is 9.21 Å². The third-order valence-electron chi connectivity index (χ3n) is 4.22. The number of aromatic amines is 1. The molecule has 2 aromatic heterocycles. The summed E-state index contributed by atoms with van der Waals surface area (Å²) in [5.41, 5.74) is 4.13. The molecule has 0 bridgehead atoms. The van der Waals surface area contributed by atoms with E-state index >= 15 is 0 Å². The molecule has 0 aliphatic carbocycles. The Morgan fingerprint density at radius 3 is 2.31 bits per heavy atom. The molecule has 0 fully saturated rings. The molecule has 0 aliphatic rings. The van der Waals surface area contributed by atoms with Gasteiger partial charge in [-0.25, -0.2) is 10.5 Å². The van der Waals surface area contributed by atoms with Crippen molar-refractivity contribution in [2.45, 2.75) is 0 Å². The van der Waals surface area contributed by atoms with Gasteiger partial charge >= 0.3 is 0 Å². The Morgan fingerprint density at radius 2 is 1.66 bits per heavy atom. The van der Waals surface area contributed by atoms with Crippen molar-refractivity contribution in [1.29, 1.82) is 0 Å². The molecular weight excluding hydrogens is 368 g/mol. The molecular formula is C22H16N4O3. The Labute approximate surface area is 165 Å². The molecule has 7 nitrogen and oxygen atoms in total. The van der Waals surface area contributed by atoms with Gasteiger partial charge in [-0.1, -0.05) is 60.7 Å². The van der Waals surface area contributed by atoms with E-state index in [2.05, 4.69) is 20.7 Å². The van der Waals surface area contributed by atoms with Crippen LogP contribution in [0.2, 0.25) is 0 Å². The summed E-state index contributed by atoms with van der Waals surface area (Å²) in [6.07, 6.45) is 2.85. The molecule has 4 rings (SSSR count). The first-order chi connectivity index (χ1) is 14.2. The van der Waals surface area contributed by atoms with Crippen LogP contribution >= 0.6 is 0 Å². The highest BCUT2D eigenvalue weighted by Crippen LogP contribution is 2.31. The van der Waals surface area contributed by atoms with E-state index in [1.807, 2.05) is 60.7 Å². The normalized spacial score (nSPS) is 10.9. The number of carbonyl (C=O) groups excluding carboxylic acids is 1. The number of carbonyl (C=O) groups is 1. The summed E-state index contributed by atoms with van der Waals surface area (Å²) in [6, 6.07) is 21.9. The maximum absolute atomic E-state index is 12.9. The van der Waals surface area contributed by atoms with E-state index < -0.39 is 11.5 Å². The molecule has 2 aromatic carbocycles. The van der Waals surface area contributed by atoms with Crippen molar-refractivity contribution in [3.63, 3.8) is 0 Å². The van der Waals surface area contributed by atoms with Gasteiger partial charge in [0.1, 0.15) is 11.3 Å². The number of hydrazone groups is 1. The highest BCUT2D eigenvalue weighted by Gasteiger charge is 2.22. The predicted octanol–water partition coefficient (Wildman–Crippen LogP) is 3.46. The van der Waals surface area contributed by atoms with E-state index in [0.717, 1.165) is 5.56 Å². The summed E-state index contributed by atoms with van der Waals surface area (Å²) < 4.78 is 5.14. The number of nitrogens with one attached hydrogen (secondary N) is 2. The maximum Gasteiger partial charge on any atom is 0.277 e. The van der Waals surface area contributed by atoms with Gasteiger partial charge in [-0.05, 0) is 17.7 Å². The molecule has 0 atom stereocenters. The van der Waals surface area contributed by atoms with E-state index in [0.29, 0.717) is 22.6 Å². The lowest BCUT2D eigenvalue weighted by Crippen LogP contribution is -2.28. The van der Waals surface area contributed by atoms with Gasteiger partial charge in [-0.2, -0.15) is 10.2 Å². The molecule has 2 N–H and O–H groups in total. The molecule has 0 spiro atoms. The lowest BCUT2D eigenvalue weighted by Gasteiger charge is -2.12. The van der Waals surface area contributed by atoms with Crippen LogP contribution in [0, 0.1) is 0 Å². The SMILES string of the molecule is O=C(N/N=C\c1ccco1)c1c(-c2ccccc2)c(-c2ccccc2)n[nH]c1=O. The second-order valence-corrected chi connectivity index (χ2v) is 6.10. The molecule has 4 aromatic rings. The zero-order valence-electron chi connectivity index (χ0n) is 15.2. The highest BCUT2D eigenvalue weighted by molar-refractivity contribution is 6.03. The third-order valence-corrected chi connectivity index (χ3v) is 4.22. The monoisotopic (exact) mass is 384 g/mol. The molecule has 29 heavy (non-hydrogen) atoms. The second-order valence-electron chi connectivity index (χ2n) is 6.10. The number of rotatable bonds is 5. The zero-order chi connectivity index (χ0) is 20.1. The van der Waals surface area contributed by atoms with Crippen LogP contribution in [0.15, 0.2) is 93.4 Å². The molecule has 2 heterocycles. The van der Waals surface area contributed by atoms with Crippen molar-refractivity contribution in [2.75, 3.05) is 0 Å². The van der Waals surface area contributed by atoms with Gasteiger partial charge < -0.3 is 4.42 Å². The molecule has 0 saturated heterocycles. The van der Waals surface area contributed by atoms with E-state index in [1.165, 1.54) is 12.5 Å². The van der Waals surface area contributed by atoms with Gasteiger partial charge in [0, 0.05) is 11.1 Å². The van der Waals surface area contributed by atoms with Crippen LogP contribution in [0.1, 0.15) is 16.1 Å². The second kappa shape index (κ2) is 8.18. The average Bonchev–Trinajstić information content (AvgIpc) is 3.28. The van der Waals surface area contributed by atoms with Crippen molar-refractivity contribution in [1.82, 2.24) is 15.6 Å². The average molecular weight is 384 g/mol. The van der Waals surface area contributed by atoms with Crippen LogP contribution in [0.25, 0.3) is 22.4 Å². The molecule has 0 saturated carbocycles. The molecule has 1 amide bonds. The summed E-state index contributed by atoms with van der Waals surface area (Å²) in [4.78, 5) is 25.4. The number of nitrogens with zero attached hydrogens (tertiary/aromatic N) is 2. The van der Waals surface area contributed by atoms with Crippen molar-refractivity contribution >= 4 is 12.1 Å². The number of benzene rings is 2. The number of hydrogen-bond donors (Lipinski definition) is 2. The van der Waals surface area contributed by atoms with Crippen molar-refractivity contribution in [3.05, 3.63) is 101 Å². The van der Waals surface area contributed by atoms with Gasteiger partial charge in [0.2, 0.25) is 0 Å². The Hall–Kier alpha value is -4.26. The summed E-state index contributed by atoms with van der Waals surface area (Å²) in [7, 11) is 0. The van der Waals surface area contributed by atoms with Crippen LogP contribution < -0.4 is 11.0 Å². The standard InChI is InChI=1S/C22H16N4O3/c27-21(25-23-14-17-12-7-13-29-17)19-18(15-8-3-1-4-9-15)20(24-26-22(19)28)16-10-5-2-6-11-16/h1-14H,(H,25,27)(H,26,28)/b23-14-. The van der Waals surface area contributed by atoms with E-state index in [9.17, 15) is 9.59 Å². The predicted molar refractivity (Wildman–Crippen MR) is 109 cm³/mol. The quantitative estimate of drug-likeness (QED) is 0.406. The fourth-order valence-electron chi connectivity index (χ4n) is 2.93. The lowest BCUT2D eigenvalue weighted by molar-refractivity contribution is 0.0954. The minimum Gasteiger partial charge on any atom is -0.463 e. The third kappa shape index (κ3) is 3.89. The fourth-order valence-corrected chi connectivity index (χ4v) is 2.93. The highest BCUT2D eigenvalue weighted by atomic mass is 16.3. The van der Waals surface area contributed by atoms with Gasteiger partial charge in [-0.15, -0.1) is 0 Å². The summed E-state index contributed by atoms with van der Waals surface area (Å²) in [5, 5.41) is 10.5. The molecule has 142 valence electrons. The number of furan rings is 1. The van der Waals surface area contributed by atoms with Crippen LogP contribution in [0.5, 0.6) is 0 Å². The van der Waals surface area contributed by atoms with Gasteiger partial charge in [0.05, 0.1) is 18.2 Å². The lowest BCUT2D eigenvalue weighted by atomic mass is 9.95. The number of aromatic nitrogens is 2. The van der Waals surface area contributed by atoms with Gasteiger partial charge in [-0.3, -0.25) is 9.59 Å². The molecule has 0 unspecified atom stereocenters. The van der Waals surface area contributed by atoms with Crippen molar-refractivity contribution in [2.24, 2.45) is 5.10 Å². The van der Waals surface area contributed by atoms with E-state index in [-0.39, 0.29) is 5.56 Å². The van der Waals surface area contributed by atoms with Crippen LogP contribution in [0.3, 0.4) is 0 Å². The summed E-state index contributed by atoms with van der Waals surface area (Å²) in [6.45, 7) is 0. The Bertz CT molecular complexity index is 1200. The molecule has 7 heteroatoms. The van der Waals surface area contributed by atoms with Gasteiger partial charge in [0.15, 0.2) is 0 Å². The van der Waals surface area contributed by atoms with Gasteiger partial charge in [0.25, 0.3) is 11.5 Å². The smallest absolute Gasteiger partial charge is 0.277 e. The van der Waals surface area contributed by atoms with E-state index in [1.54, 1.807) is 12.1 Å². The minimum atomic E-state index is -0.646.